The summed E-state index contributed by atoms with van der Waals surface area (Å²) in [6, 6.07) is -0.132. The highest BCUT2D eigenvalue weighted by Crippen LogP contribution is 2.15. The summed E-state index contributed by atoms with van der Waals surface area (Å²) >= 11 is 0. The molecular weight excluding hydrogens is 246 g/mol. The molecule has 0 aromatic carbocycles. The Morgan fingerprint density at radius 1 is 1.50 bits per heavy atom. The molecule has 106 valence electrons. The maximum absolute atomic E-state index is 12.8. The number of alkyl halides is 2. The van der Waals surface area contributed by atoms with Crippen molar-refractivity contribution in [1.29, 1.82) is 0 Å². The number of carbonyl (C=O) groups excluding carboxylic acids is 1. The highest BCUT2D eigenvalue weighted by Gasteiger charge is 2.35. The first-order valence-electron chi connectivity index (χ1n) is 6.07. The van der Waals surface area contributed by atoms with E-state index >= 15 is 0 Å². The van der Waals surface area contributed by atoms with Crippen LogP contribution in [0.5, 0.6) is 0 Å². The van der Waals surface area contributed by atoms with Crippen LogP contribution in [0.1, 0.15) is 13.3 Å². The van der Waals surface area contributed by atoms with Gasteiger partial charge in [0.2, 0.25) is 5.91 Å². The van der Waals surface area contributed by atoms with E-state index in [9.17, 15) is 13.6 Å². The van der Waals surface area contributed by atoms with Crippen LogP contribution in [0.2, 0.25) is 0 Å². The zero-order valence-corrected chi connectivity index (χ0v) is 10.4. The number of aliphatic hydroxyl groups excluding tert-OH is 1. The Bertz CT molecular complexity index is 277. The molecule has 1 amide bonds. The second kappa shape index (κ2) is 6.96. The molecular formula is C11H20F2N2O3. The third kappa shape index (κ3) is 4.47. The van der Waals surface area contributed by atoms with Crippen molar-refractivity contribution in [3.63, 3.8) is 0 Å². The van der Waals surface area contributed by atoms with Crippen molar-refractivity contribution in [2.45, 2.75) is 25.3 Å². The van der Waals surface area contributed by atoms with Crippen LogP contribution in [-0.4, -0.2) is 55.9 Å². The minimum absolute atomic E-state index is 0.132. The Kier molecular flexibility index (Phi) is 5.90. The predicted octanol–water partition coefficient (Wildman–Crippen LogP) is -0.255. The van der Waals surface area contributed by atoms with Crippen LogP contribution in [0.15, 0.2) is 0 Å². The highest BCUT2D eigenvalue weighted by molar-refractivity contribution is 5.79. The SMILES string of the molecule is CCCNC1COCC1C(=O)NCC(F)(F)CO. The number of halogens is 2. The quantitative estimate of drug-likeness (QED) is 0.594. The summed E-state index contributed by atoms with van der Waals surface area (Å²) in [5.41, 5.74) is 0. The molecule has 0 aromatic rings. The maximum Gasteiger partial charge on any atom is 0.287 e. The van der Waals surface area contributed by atoms with Crippen LogP contribution in [-0.2, 0) is 9.53 Å². The fraction of sp³-hybridized carbons (Fsp3) is 0.909. The summed E-state index contributed by atoms with van der Waals surface area (Å²) in [6.45, 7) is 1.28. The minimum atomic E-state index is -3.28. The number of rotatable bonds is 7. The standard InChI is InChI=1S/C11H20F2N2O3/c1-2-3-14-9-5-18-4-8(9)10(17)15-6-11(12,13)7-16/h8-9,14,16H,2-7H2,1H3,(H,15,17). The zero-order valence-electron chi connectivity index (χ0n) is 10.4. The second-order valence-electron chi connectivity index (χ2n) is 4.44. The Morgan fingerprint density at radius 3 is 2.83 bits per heavy atom. The van der Waals surface area contributed by atoms with Gasteiger partial charge in [-0.3, -0.25) is 4.79 Å². The normalized spacial score (nSPS) is 24.2. The molecule has 0 bridgehead atoms. The Labute approximate surface area is 105 Å². The predicted molar refractivity (Wildman–Crippen MR) is 61.4 cm³/mol. The van der Waals surface area contributed by atoms with Crippen molar-refractivity contribution in [3.8, 4) is 0 Å². The number of ether oxygens (including phenoxy) is 1. The molecule has 1 heterocycles. The van der Waals surface area contributed by atoms with E-state index in [-0.39, 0.29) is 12.6 Å². The van der Waals surface area contributed by atoms with Gasteiger partial charge in [-0.25, -0.2) is 8.78 Å². The molecule has 2 unspecified atom stereocenters. The van der Waals surface area contributed by atoms with Gasteiger partial charge in [0.15, 0.2) is 0 Å². The van der Waals surface area contributed by atoms with Gasteiger partial charge in [0.05, 0.1) is 25.7 Å². The van der Waals surface area contributed by atoms with Crippen LogP contribution in [0.25, 0.3) is 0 Å². The molecule has 0 saturated carbocycles. The Morgan fingerprint density at radius 2 is 2.22 bits per heavy atom. The van der Waals surface area contributed by atoms with Gasteiger partial charge >= 0.3 is 0 Å². The first kappa shape index (κ1) is 15.3. The topological polar surface area (TPSA) is 70.6 Å². The van der Waals surface area contributed by atoms with Gasteiger partial charge in [0.1, 0.15) is 6.61 Å². The van der Waals surface area contributed by atoms with E-state index in [4.69, 9.17) is 9.84 Å². The number of nitrogens with one attached hydrogen (secondary N) is 2. The molecule has 1 aliphatic rings. The van der Waals surface area contributed by atoms with E-state index < -0.39 is 30.9 Å². The Hall–Kier alpha value is -0.790. The number of carbonyl (C=O) groups is 1. The monoisotopic (exact) mass is 266 g/mol. The van der Waals surface area contributed by atoms with E-state index in [0.29, 0.717) is 6.61 Å². The van der Waals surface area contributed by atoms with Crippen molar-refractivity contribution in [1.82, 2.24) is 10.6 Å². The lowest BCUT2D eigenvalue weighted by Crippen LogP contribution is -2.47. The van der Waals surface area contributed by atoms with Crippen molar-refractivity contribution < 1.29 is 23.4 Å². The molecule has 0 spiro atoms. The minimum Gasteiger partial charge on any atom is -0.390 e. The molecule has 7 heteroatoms. The number of hydrogen-bond acceptors (Lipinski definition) is 4. The van der Waals surface area contributed by atoms with Gasteiger partial charge in [-0.2, -0.15) is 0 Å². The molecule has 2 atom stereocenters. The smallest absolute Gasteiger partial charge is 0.287 e. The van der Waals surface area contributed by atoms with Crippen LogP contribution in [0.3, 0.4) is 0 Å². The molecule has 5 nitrogen and oxygen atoms in total. The molecule has 1 saturated heterocycles. The maximum atomic E-state index is 12.8. The van der Waals surface area contributed by atoms with Gasteiger partial charge < -0.3 is 20.5 Å². The first-order valence-corrected chi connectivity index (χ1v) is 6.07. The highest BCUT2D eigenvalue weighted by atomic mass is 19.3. The molecule has 0 aliphatic carbocycles. The largest absolute Gasteiger partial charge is 0.390 e. The summed E-state index contributed by atoms with van der Waals surface area (Å²) in [5, 5.41) is 13.7. The number of aliphatic hydroxyl groups is 1. The lowest BCUT2D eigenvalue weighted by atomic mass is 10.0. The summed E-state index contributed by atoms with van der Waals surface area (Å²) in [5.74, 6) is -4.19. The van der Waals surface area contributed by atoms with Crippen molar-refractivity contribution in [3.05, 3.63) is 0 Å². The molecule has 18 heavy (non-hydrogen) atoms. The molecule has 1 aliphatic heterocycles. The number of amides is 1. The third-order valence-electron chi connectivity index (χ3n) is 2.83. The average molecular weight is 266 g/mol. The van der Waals surface area contributed by atoms with Gasteiger partial charge in [0, 0.05) is 6.04 Å². The molecule has 1 rings (SSSR count). The van der Waals surface area contributed by atoms with E-state index in [1.807, 2.05) is 6.92 Å². The average Bonchev–Trinajstić information content (AvgIpc) is 2.82. The van der Waals surface area contributed by atoms with Crippen LogP contribution in [0, 0.1) is 5.92 Å². The third-order valence-corrected chi connectivity index (χ3v) is 2.83. The summed E-state index contributed by atoms with van der Waals surface area (Å²) in [7, 11) is 0. The fourth-order valence-corrected chi connectivity index (χ4v) is 1.75. The lowest BCUT2D eigenvalue weighted by Gasteiger charge is -2.20. The zero-order chi connectivity index (χ0) is 13.6. The van der Waals surface area contributed by atoms with Crippen molar-refractivity contribution in [2.24, 2.45) is 5.92 Å². The lowest BCUT2D eigenvalue weighted by molar-refractivity contribution is -0.128. The summed E-state index contributed by atoms with van der Waals surface area (Å²) in [4.78, 5) is 11.7. The summed E-state index contributed by atoms with van der Waals surface area (Å²) < 4.78 is 30.8. The van der Waals surface area contributed by atoms with E-state index in [0.717, 1.165) is 13.0 Å². The number of hydrogen-bond donors (Lipinski definition) is 3. The van der Waals surface area contributed by atoms with Crippen LogP contribution < -0.4 is 10.6 Å². The molecule has 3 N–H and O–H groups in total. The van der Waals surface area contributed by atoms with Crippen molar-refractivity contribution >= 4 is 5.91 Å². The molecule has 0 radical (unpaired) electrons. The van der Waals surface area contributed by atoms with Gasteiger partial charge in [-0.1, -0.05) is 6.92 Å². The Balaban J connectivity index is 2.40. The molecule has 0 aromatic heterocycles. The summed E-state index contributed by atoms with van der Waals surface area (Å²) in [6.07, 6.45) is 0.924. The van der Waals surface area contributed by atoms with Gasteiger partial charge in [0.25, 0.3) is 5.92 Å². The van der Waals surface area contributed by atoms with Crippen LogP contribution >= 0.6 is 0 Å². The van der Waals surface area contributed by atoms with E-state index in [1.165, 1.54) is 0 Å². The fourth-order valence-electron chi connectivity index (χ4n) is 1.75. The van der Waals surface area contributed by atoms with E-state index in [2.05, 4.69) is 10.6 Å². The van der Waals surface area contributed by atoms with Gasteiger partial charge in [-0.05, 0) is 13.0 Å². The van der Waals surface area contributed by atoms with Crippen molar-refractivity contribution in [2.75, 3.05) is 32.9 Å². The van der Waals surface area contributed by atoms with Gasteiger partial charge in [-0.15, -0.1) is 0 Å². The second-order valence-corrected chi connectivity index (χ2v) is 4.44. The van der Waals surface area contributed by atoms with E-state index in [1.54, 1.807) is 0 Å². The molecule has 1 fully saturated rings. The van der Waals surface area contributed by atoms with Crippen LogP contribution in [0.4, 0.5) is 8.78 Å². The first-order chi connectivity index (χ1) is 8.50.